The van der Waals surface area contributed by atoms with E-state index in [4.69, 9.17) is 0 Å². The first kappa shape index (κ1) is 13.8. The van der Waals surface area contributed by atoms with Gasteiger partial charge in [-0.1, -0.05) is 12.2 Å². The van der Waals surface area contributed by atoms with Gasteiger partial charge in [-0.2, -0.15) is 0 Å². The van der Waals surface area contributed by atoms with Gasteiger partial charge in [0.05, 0.1) is 0 Å². The number of carbonyl (C=O) groups is 2. The molecular formula is C8H10N2NaO2S+. The summed E-state index contributed by atoms with van der Waals surface area (Å²) < 4.78 is 0. The van der Waals surface area contributed by atoms with E-state index in [-0.39, 0.29) is 34.7 Å². The molecule has 0 aromatic carbocycles. The maximum atomic E-state index is 11.5. The molecule has 1 fully saturated rings. The SMILES string of the molecule is C=C(C)C1(C)C(=O)NC(=S)NC1=O.[Na+]. The molecule has 2 N–H and O–H groups in total. The zero-order chi connectivity index (χ0) is 10.2. The molecule has 0 aromatic rings. The molecule has 0 aromatic heterocycles. The van der Waals surface area contributed by atoms with Gasteiger partial charge in [-0.25, -0.2) is 0 Å². The monoisotopic (exact) mass is 221 g/mol. The molecule has 0 aliphatic carbocycles. The molecule has 1 rings (SSSR count). The van der Waals surface area contributed by atoms with Crippen molar-refractivity contribution in [2.45, 2.75) is 13.8 Å². The van der Waals surface area contributed by atoms with Crippen LogP contribution in [0.5, 0.6) is 0 Å². The van der Waals surface area contributed by atoms with Crippen molar-refractivity contribution in [2.75, 3.05) is 0 Å². The fourth-order valence-electron chi connectivity index (χ4n) is 0.978. The van der Waals surface area contributed by atoms with Crippen molar-refractivity contribution in [3.63, 3.8) is 0 Å². The van der Waals surface area contributed by atoms with E-state index in [9.17, 15) is 9.59 Å². The Hall–Kier alpha value is -0.230. The van der Waals surface area contributed by atoms with E-state index in [0.717, 1.165) is 0 Å². The Balaban J connectivity index is 0.00000169. The summed E-state index contributed by atoms with van der Waals surface area (Å²) in [6.07, 6.45) is 0. The molecule has 0 bridgehead atoms. The van der Waals surface area contributed by atoms with Gasteiger partial charge in [-0.3, -0.25) is 9.59 Å². The van der Waals surface area contributed by atoms with Crippen LogP contribution in [0.1, 0.15) is 13.8 Å². The topological polar surface area (TPSA) is 58.2 Å². The molecule has 70 valence electrons. The Morgan fingerprint density at radius 2 is 1.71 bits per heavy atom. The maximum Gasteiger partial charge on any atom is 1.00 e. The average molecular weight is 221 g/mol. The summed E-state index contributed by atoms with van der Waals surface area (Å²) in [5.74, 6) is -0.845. The molecule has 14 heavy (non-hydrogen) atoms. The van der Waals surface area contributed by atoms with Crippen LogP contribution in [0.25, 0.3) is 0 Å². The number of hydrogen-bond donors (Lipinski definition) is 2. The van der Waals surface area contributed by atoms with Crippen molar-refractivity contribution in [1.29, 1.82) is 0 Å². The van der Waals surface area contributed by atoms with E-state index in [1.165, 1.54) is 6.92 Å². The molecule has 1 aliphatic rings. The number of rotatable bonds is 1. The fourth-order valence-corrected chi connectivity index (χ4v) is 1.16. The second-order valence-electron chi connectivity index (χ2n) is 3.14. The fraction of sp³-hybridized carbons (Fsp3) is 0.375. The smallest absolute Gasteiger partial charge is 0.302 e. The Morgan fingerprint density at radius 1 is 1.36 bits per heavy atom. The second-order valence-corrected chi connectivity index (χ2v) is 3.55. The van der Waals surface area contributed by atoms with Crippen LogP contribution < -0.4 is 40.2 Å². The molecule has 6 heteroatoms. The van der Waals surface area contributed by atoms with Gasteiger partial charge in [-0.05, 0) is 26.1 Å². The number of carbonyl (C=O) groups excluding carboxylic acids is 2. The molecule has 4 nitrogen and oxygen atoms in total. The van der Waals surface area contributed by atoms with Gasteiger partial charge in [0, 0.05) is 0 Å². The van der Waals surface area contributed by atoms with Crippen LogP contribution >= 0.6 is 12.2 Å². The Labute approximate surface area is 110 Å². The molecule has 0 radical (unpaired) electrons. The van der Waals surface area contributed by atoms with E-state index in [2.05, 4.69) is 29.4 Å². The molecule has 2 amide bonds. The first-order valence-electron chi connectivity index (χ1n) is 3.72. The summed E-state index contributed by atoms with van der Waals surface area (Å²) in [6, 6.07) is 0. The van der Waals surface area contributed by atoms with Gasteiger partial charge in [0.15, 0.2) is 5.11 Å². The van der Waals surface area contributed by atoms with Crippen molar-refractivity contribution in [3.8, 4) is 0 Å². The van der Waals surface area contributed by atoms with E-state index >= 15 is 0 Å². The summed E-state index contributed by atoms with van der Waals surface area (Å²) >= 11 is 4.66. The van der Waals surface area contributed by atoms with Crippen LogP contribution in [0.15, 0.2) is 12.2 Å². The molecule has 1 saturated heterocycles. The van der Waals surface area contributed by atoms with E-state index in [0.29, 0.717) is 5.57 Å². The maximum absolute atomic E-state index is 11.5. The minimum atomic E-state index is -1.21. The zero-order valence-electron chi connectivity index (χ0n) is 8.43. The number of nitrogens with one attached hydrogen (secondary N) is 2. The number of thiocarbonyl (C=S) groups is 1. The molecule has 0 atom stereocenters. The van der Waals surface area contributed by atoms with Crippen LogP contribution in [-0.2, 0) is 9.59 Å². The normalized spacial score (nSPS) is 19.1. The van der Waals surface area contributed by atoms with Crippen LogP contribution in [0.4, 0.5) is 0 Å². The van der Waals surface area contributed by atoms with E-state index in [1.54, 1.807) is 6.92 Å². The van der Waals surface area contributed by atoms with Gasteiger partial charge in [0.25, 0.3) is 0 Å². The summed E-state index contributed by atoms with van der Waals surface area (Å²) in [5.41, 5.74) is -0.715. The Kier molecular flexibility index (Phi) is 4.45. The minimum Gasteiger partial charge on any atom is -0.302 e. The third-order valence-corrected chi connectivity index (χ3v) is 2.42. The first-order chi connectivity index (χ1) is 5.89. The predicted octanol–water partition coefficient (Wildman–Crippen LogP) is -2.90. The van der Waals surface area contributed by atoms with Gasteiger partial charge in [-0.15, -0.1) is 0 Å². The van der Waals surface area contributed by atoms with Crippen LogP contribution in [0, 0.1) is 5.41 Å². The Morgan fingerprint density at radius 3 is 2.00 bits per heavy atom. The number of hydrogen-bond acceptors (Lipinski definition) is 3. The minimum absolute atomic E-state index is 0. The summed E-state index contributed by atoms with van der Waals surface area (Å²) in [6.45, 7) is 6.76. The molecule has 0 spiro atoms. The van der Waals surface area contributed by atoms with E-state index in [1.807, 2.05) is 0 Å². The van der Waals surface area contributed by atoms with Crippen LogP contribution in [-0.4, -0.2) is 16.9 Å². The Bertz CT molecular complexity index is 307. The van der Waals surface area contributed by atoms with Gasteiger partial charge < -0.3 is 10.6 Å². The summed E-state index contributed by atoms with van der Waals surface area (Å²) in [5, 5.41) is 4.81. The summed E-state index contributed by atoms with van der Waals surface area (Å²) in [4.78, 5) is 22.9. The van der Waals surface area contributed by atoms with Gasteiger partial charge in [0.2, 0.25) is 11.8 Å². The van der Waals surface area contributed by atoms with Crippen LogP contribution in [0.3, 0.4) is 0 Å². The molecular weight excluding hydrogens is 211 g/mol. The van der Waals surface area contributed by atoms with Gasteiger partial charge >= 0.3 is 29.6 Å². The van der Waals surface area contributed by atoms with E-state index < -0.39 is 17.2 Å². The standard InChI is InChI=1S/C8H10N2O2S.Na/c1-4(2)8(3)5(11)9-7(13)10-6(8)12;/h1H2,2-3H3,(H2,9,10,11,12,13);/q;+1. The molecule has 1 heterocycles. The molecule has 0 unspecified atom stereocenters. The van der Waals surface area contributed by atoms with Crippen molar-refractivity contribution in [2.24, 2.45) is 5.41 Å². The van der Waals surface area contributed by atoms with Crippen molar-refractivity contribution in [3.05, 3.63) is 12.2 Å². The average Bonchev–Trinajstić information content (AvgIpc) is 1.99. The van der Waals surface area contributed by atoms with Crippen LogP contribution in [0.2, 0.25) is 0 Å². The number of amides is 2. The predicted molar refractivity (Wildman–Crippen MR) is 51.8 cm³/mol. The zero-order valence-corrected chi connectivity index (χ0v) is 11.2. The molecule has 1 aliphatic heterocycles. The molecule has 0 saturated carbocycles. The summed E-state index contributed by atoms with van der Waals surface area (Å²) in [7, 11) is 0. The van der Waals surface area contributed by atoms with Crippen molar-refractivity contribution < 1.29 is 39.1 Å². The van der Waals surface area contributed by atoms with Crippen molar-refractivity contribution >= 4 is 29.1 Å². The van der Waals surface area contributed by atoms with Gasteiger partial charge in [0.1, 0.15) is 5.41 Å². The third kappa shape index (κ3) is 2.06. The second kappa shape index (κ2) is 4.53. The quantitative estimate of drug-likeness (QED) is 0.216. The third-order valence-electron chi connectivity index (χ3n) is 2.22. The van der Waals surface area contributed by atoms with Crippen molar-refractivity contribution in [1.82, 2.24) is 10.6 Å². The first-order valence-corrected chi connectivity index (χ1v) is 4.12. The largest absolute Gasteiger partial charge is 1.00 e.